The van der Waals surface area contributed by atoms with Crippen molar-refractivity contribution in [3.8, 4) is 0 Å². The second-order valence-corrected chi connectivity index (χ2v) is 3.60. The monoisotopic (exact) mass is 165 g/mol. The van der Waals surface area contributed by atoms with E-state index in [9.17, 15) is 0 Å². The highest BCUT2D eigenvalue weighted by molar-refractivity contribution is 5.25. The summed E-state index contributed by atoms with van der Waals surface area (Å²) < 4.78 is 5.25. The summed E-state index contributed by atoms with van der Waals surface area (Å²) in [6.07, 6.45) is 4.93. The van der Waals surface area contributed by atoms with Gasteiger partial charge in [-0.15, -0.1) is 0 Å². The molecule has 12 heavy (non-hydrogen) atoms. The largest absolute Gasteiger partial charge is 0.361 e. The zero-order valence-corrected chi connectivity index (χ0v) is 7.76. The van der Waals surface area contributed by atoms with Crippen LogP contribution in [-0.4, -0.2) is 5.16 Å². The molecule has 1 aliphatic rings. The van der Waals surface area contributed by atoms with Crippen molar-refractivity contribution >= 4 is 0 Å². The molecule has 66 valence electrons. The molecule has 1 saturated carbocycles. The van der Waals surface area contributed by atoms with Crippen LogP contribution >= 0.6 is 0 Å². The van der Waals surface area contributed by atoms with Crippen LogP contribution in [0, 0.1) is 6.92 Å². The van der Waals surface area contributed by atoms with Crippen molar-refractivity contribution in [1.29, 1.82) is 0 Å². The molecule has 2 heteroatoms. The predicted octanol–water partition coefficient (Wildman–Crippen LogP) is 2.81. The number of hydrogen-bond acceptors (Lipinski definition) is 2. The molecule has 0 radical (unpaired) electrons. The Morgan fingerprint density at radius 1 is 1.50 bits per heavy atom. The van der Waals surface area contributed by atoms with Crippen molar-refractivity contribution < 1.29 is 4.52 Å². The van der Waals surface area contributed by atoms with Crippen LogP contribution in [-0.2, 0) is 6.42 Å². The van der Waals surface area contributed by atoms with Gasteiger partial charge >= 0.3 is 0 Å². The number of hydrogen-bond donors (Lipinski definition) is 0. The van der Waals surface area contributed by atoms with Gasteiger partial charge in [-0.1, -0.05) is 18.5 Å². The Morgan fingerprint density at radius 3 is 2.67 bits per heavy atom. The Morgan fingerprint density at radius 2 is 2.25 bits per heavy atom. The van der Waals surface area contributed by atoms with Crippen molar-refractivity contribution in [3.63, 3.8) is 0 Å². The van der Waals surface area contributed by atoms with Gasteiger partial charge in [0.15, 0.2) is 0 Å². The fourth-order valence-electron chi connectivity index (χ4n) is 1.78. The highest BCUT2D eigenvalue weighted by atomic mass is 16.5. The highest BCUT2D eigenvalue weighted by Crippen LogP contribution is 2.37. The van der Waals surface area contributed by atoms with E-state index in [0.717, 1.165) is 12.2 Å². The van der Waals surface area contributed by atoms with Gasteiger partial charge < -0.3 is 4.52 Å². The molecule has 2 nitrogen and oxygen atoms in total. The number of rotatable bonds is 2. The molecular formula is C10H15NO. The lowest BCUT2D eigenvalue weighted by Gasteiger charge is -2.23. The molecule has 0 aromatic carbocycles. The van der Waals surface area contributed by atoms with E-state index in [4.69, 9.17) is 4.52 Å². The van der Waals surface area contributed by atoms with Gasteiger partial charge in [0, 0.05) is 17.9 Å². The van der Waals surface area contributed by atoms with E-state index in [2.05, 4.69) is 19.0 Å². The summed E-state index contributed by atoms with van der Waals surface area (Å²) in [5.41, 5.74) is 2.51. The van der Waals surface area contributed by atoms with Crippen LogP contribution in [0.2, 0.25) is 0 Å². The van der Waals surface area contributed by atoms with Crippen LogP contribution in [0.1, 0.15) is 49.1 Å². The lowest BCUT2D eigenvalue weighted by Crippen LogP contribution is -2.10. The van der Waals surface area contributed by atoms with E-state index in [1.54, 1.807) is 0 Å². The van der Waals surface area contributed by atoms with Crippen molar-refractivity contribution in [3.05, 3.63) is 17.0 Å². The Hall–Kier alpha value is -0.790. The second-order valence-electron chi connectivity index (χ2n) is 3.60. The molecule has 1 fully saturated rings. The number of aromatic nitrogens is 1. The third-order valence-electron chi connectivity index (χ3n) is 2.87. The lowest BCUT2D eigenvalue weighted by atomic mass is 9.81. The molecule has 1 aromatic heterocycles. The van der Waals surface area contributed by atoms with E-state index in [-0.39, 0.29) is 0 Å². The van der Waals surface area contributed by atoms with Crippen molar-refractivity contribution in [1.82, 2.24) is 5.16 Å². The number of nitrogens with zero attached hydrogens (tertiary/aromatic N) is 1. The standard InChI is InChI=1S/C10H15NO/c1-3-9-7(2)10(11-12-9)8-5-4-6-8/h8H,3-6H2,1-2H3. The molecule has 0 spiro atoms. The van der Waals surface area contributed by atoms with Crippen LogP contribution in [0.25, 0.3) is 0 Å². The first-order chi connectivity index (χ1) is 5.83. The first kappa shape index (κ1) is 7.84. The van der Waals surface area contributed by atoms with Gasteiger partial charge in [-0.2, -0.15) is 0 Å². The Balaban J connectivity index is 2.25. The Labute approximate surface area is 72.9 Å². The average Bonchev–Trinajstić information content (AvgIpc) is 2.30. The molecule has 0 amide bonds. The Kier molecular flexibility index (Phi) is 1.91. The maximum Gasteiger partial charge on any atom is 0.139 e. The molecule has 0 aliphatic heterocycles. The highest BCUT2D eigenvalue weighted by Gasteiger charge is 2.25. The summed E-state index contributed by atoms with van der Waals surface area (Å²) >= 11 is 0. The maximum atomic E-state index is 5.25. The normalized spacial score (nSPS) is 17.8. The van der Waals surface area contributed by atoms with Gasteiger partial charge in [-0.3, -0.25) is 0 Å². The molecular weight excluding hydrogens is 150 g/mol. The summed E-state index contributed by atoms with van der Waals surface area (Å²) in [7, 11) is 0. The average molecular weight is 165 g/mol. The third kappa shape index (κ3) is 1.06. The van der Waals surface area contributed by atoms with Gasteiger partial charge in [0.25, 0.3) is 0 Å². The minimum Gasteiger partial charge on any atom is -0.361 e. The zero-order chi connectivity index (χ0) is 8.55. The van der Waals surface area contributed by atoms with E-state index < -0.39 is 0 Å². The molecule has 1 heterocycles. The Bertz CT molecular complexity index is 273. The zero-order valence-electron chi connectivity index (χ0n) is 7.76. The molecule has 1 aliphatic carbocycles. The van der Waals surface area contributed by atoms with E-state index in [1.165, 1.54) is 30.5 Å². The summed E-state index contributed by atoms with van der Waals surface area (Å²) in [6, 6.07) is 0. The van der Waals surface area contributed by atoms with Crippen LogP contribution in [0.4, 0.5) is 0 Å². The van der Waals surface area contributed by atoms with Crippen LogP contribution in [0.15, 0.2) is 4.52 Å². The molecule has 0 N–H and O–H groups in total. The molecule has 0 saturated heterocycles. The van der Waals surface area contributed by atoms with Gasteiger partial charge in [0.2, 0.25) is 0 Å². The maximum absolute atomic E-state index is 5.25. The van der Waals surface area contributed by atoms with Gasteiger partial charge in [-0.25, -0.2) is 0 Å². The summed E-state index contributed by atoms with van der Waals surface area (Å²) in [5.74, 6) is 1.77. The van der Waals surface area contributed by atoms with Crippen molar-refractivity contribution in [2.45, 2.75) is 45.4 Å². The molecule has 0 bridgehead atoms. The van der Waals surface area contributed by atoms with Crippen LogP contribution in [0.3, 0.4) is 0 Å². The molecule has 1 aromatic rings. The van der Waals surface area contributed by atoms with E-state index in [0.29, 0.717) is 5.92 Å². The first-order valence-corrected chi connectivity index (χ1v) is 4.78. The van der Waals surface area contributed by atoms with Gasteiger partial charge in [-0.05, 0) is 19.8 Å². The second kappa shape index (κ2) is 2.92. The number of aryl methyl sites for hydroxylation is 1. The summed E-state index contributed by atoms with van der Waals surface area (Å²) in [6.45, 7) is 4.24. The van der Waals surface area contributed by atoms with Gasteiger partial charge in [0.1, 0.15) is 5.76 Å². The minimum atomic E-state index is 0.703. The molecule has 0 atom stereocenters. The smallest absolute Gasteiger partial charge is 0.139 e. The fourth-order valence-corrected chi connectivity index (χ4v) is 1.78. The van der Waals surface area contributed by atoms with Crippen LogP contribution in [0.5, 0.6) is 0 Å². The predicted molar refractivity (Wildman–Crippen MR) is 47.2 cm³/mol. The van der Waals surface area contributed by atoms with E-state index >= 15 is 0 Å². The van der Waals surface area contributed by atoms with Crippen LogP contribution < -0.4 is 0 Å². The molecule has 2 rings (SSSR count). The topological polar surface area (TPSA) is 26.0 Å². The first-order valence-electron chi connectivity index (χ1n) is 4.78. The summed E-state index contributed by atoms with van der Waals surface area (Å²) in [5, 5.41) is 4.13. The van der Waals surface area contributed by atoms with Crippen molar-refractivity contribution in [2.75, 3.05) is 0 Å². The fraction of sp³-hybridized carbons (Fsp3) is 0.700. The van der Waals surface area contributed by atoms with Gasteiger partial charge in [0.05, 0.1) is 5.69 Å². The SMILES string of the molecule is CCc1onc(C2CCC2)c1C. The van der Waals surface area contributed by atoms with E-state index in [1.807, 2.05) is 0 Å². The third-order valence-corrected chi connectivity index (χ3v) is 2.87. The molecule has 0 unspecified atom stereocenters. The van der Waals surface area contributed by atoms with Crippen molar-refractivity contribution in [2.24, 2.45) is 0 Å². The lowest BCUT2D eigenvalue weighted by molar-refractivity contribution is 0.349. The quantitative estimate of drug-likeness (QED) is 0.673. The summed E-state index contributed by atoms with van der Waals surface area (Å²) in [4.78, 5) is 0. The minimum absolute atomic E-state index is 0.703.